The van der Waals surface area contributed by atoms with Crippen molar-refractivity contribution in [1.29, 1.82) is 0 Å². The zero-order valence-electron chi connectivity index (χ0n) is 9.16. The minimum Gasteiger partial charge on any atom is -0.381 e. The summed E-state index contributed by atoms with van der Waals surface area (Å²) < 4.78 is 10.1. The quantitative estimate of drug-likeness (QED) is 0.543. The monoisotopic (exact) mass is 206 g/mol. The molecule has 0 aromatic carbocycles. The van der Waals surface area contributed by atoms with Crippen LogP contribution in [0.2, 0.25) is 0 Å². The molecular formula is C9H18O5. The molecule has 84 valence electrons. The molecule has 1 aliphatic heterocycles. The topological polar surface area (TPSA) is 79.2 Å². The van der Waals surface area contributed by atoms with Crippen LogP contribution >= 0.6 is 0 Å². The van der Waals surface area contributed by atoms with Crippen molar-refractivity contribution in [3.63, 3.8) is 0 Å². The largest absolute Gasteiger partial charge is 0.381 e. The number of hydrogen-bond acceptors (Lipinski definition) is 5. The van der Waals surface area contributed by atoms with Gasteiger partial charge in [0.2, 0.25) is 0 Å². The molecule has 1 rings (SSSR count). The Morgan fingerprint density at radius 3 is 1.50 bits per heavy atom. The Morgan fingerprint density at radius 2 is 1.36 bits per heavy atom. The smallest absolute Gasteiger partial charge is 0.200 e. The van der Waals surface area contributed by atoms with Gasteiger partial charge in [-0.25, -0.2) is 0 Å². The van der Waals surface area contributed by atoms with E-state index in [4.69, 9.17) is 9.47 Å². The van der Waals surface area contributed by atoms with E-state index >= 15 is 0 Å². The maximum absolute atomic E-state index is 10.1. The standard InChI is InChI=1S/C9H18O5/c1-6(10)7(2,11)9(4,13-5)14-8(6,3)12/h10-12H,1-5H3. The first-order valence-corrected chi connectivity index (χ1v) is 4.44. The minimum atomic E-state index is -1.86. The molecule has 0 aromatic rings. The molecule has 0 aliphatic carbocycles. The molecule has 0 spiro atoms. The minimum absolute atomic E-state index is 1.28. The van der Waals surface area contributed by atoms with Gasteiger partial charge in [-0.3, -0.25) is 0 Å². The SMILES string of the molecule is COC1(C)OC(C)(O)C(C)(O)C1(C)O. The zero-order valence-corrected chi connectivity index (χ0v) is 9.16. The Labute approximate surface area is 83.3 Å². The molecule has 4 atom stereocenters. The molecule has 1 fully saturated rings. The van der Waals surface area contributed by atoms with Gasteiger partial charge in [-0.05, 0) is 27.7 Å². The van der Waals surface area contributed by atoms with Gasteiger partial charge in [0.1, 0.15) is 11.2 Å². The molecule has 0 radical (unpaired) electrons. The molecule has 0 aromatic heterocycles. The normalized spacial score (nSPS) is 59.1. The average molecular weight is 206 g/mol. The summed E-state index contributed by atoms with van der Waals surface area (Å²) >= 11 is 0. The number of ether oxygens (including phenoxy) is 2. The van der Waals surface area contributed by atoms with Crippen LogP contribution in [0.25, 0.3) is 0 Å². The second-order valence-electron chi connectivity index (χ2n) is 4.38. The highest BCUT2D eigenvalue weighted by Crippen LogP contribution is 2.50. The number of rotatable bonds is 1. The lowest BCUT2D eigenvalue weighted by molar-refractivity contribution is -0.313. The van der Waals surface area contributed by atoms with Crippen molar-refractivity contribution < 1.29 is 24.8 Å². The average Bonchev–Trinajstić information content (AvgIpc) is 2.09. The summed E-state index contributed by atoms with van der Waals surface area (Å²) in [6, 6.07) is 0. The van der Waals surface area contributed by atoms with E-state index in [9.17, 15) is 15.3 Å². The van der Waals surface area contributed by atoms with Gasteiger partial charge in [0, 0.05) is 7.11 Å². The maximum Gasteiger partial charge on any atom is 0.200 e. The Balaban J connectivity index is 3.25. The van der Waals surface area contributed by atoms with Crippen molar-refractivity contribution in [1.82, 2.24) is 0 Å². The fraction of sp³-hybridized carbons (Fsp3) is 1.00. The first-order valence-electron chi connectivity index (χ1n) is 4.44. The van der Waals surface area contributed by atoms with Crippen molar-refractivity contribution in [2.75, 3.05) is 7.11 Å². The summed E-state index contributed by atoms with van der Waals surface area (Å²) in [4.78, 5) is 0. The van der Waals surface area contributed by atoms with Crippen LogP contribution in [0.15, 0.2) is 0 Å². The molecule has 1 saturated heterocycles. The summed E-state index contributed by atoms with van der Waals surface area (Å²) in [6.07, 6.45) is 0. The molecular weight excluding hydrogens is 188 g/mol. The second-order valence-corrected chi connectivity index (χ2v) is 4.38. The lowest BCUT2D eigenvalue weighted by atomic mass is 9.78. The first-order chi connectivity index (χ1) is 6.02. The molecule has 14 heavy (non-hydrogen) atoms. The van der Waals surface area contributed by atoms with E-state index in [0.717, 1.165) is 0 Å². The van der Waals surface area contributed by atoms with Crippen LogP contribution < -0.4 is 0 Å². The van der Waals surface area contributed by atoms with Crippen LogP contribution in [0.1, 0.15) is 27.7 Å². The van der Waals surface area contributed by atoms with Crippen molar-refractivity contribution in [3.8, 4) is 0 Å². The van der Waals surface area contributed by atoms with Gasteiger partial charge >= 0.3 is 0 Å². The zero-order chi connectivity index (χ0) is 11.4. The third-order valence-electron chi connectivity index (χ3n) is 3.52. The molecule has 1 heterocycles. The Kier molecular flexibility index (Phi) is 2.27. The highest BCUT2D eigenvalue weighted by atomic mass is 16.8. The number of aliphatic hydroxyl groups is 3. The molecule has 5 nitrogen and oxygen atoms in total. The molecule has 0 amide bonds. The van der Waals surface area contributed by atoms with Crippen molar-refractivity contribution in [3.05, 3.63) is 0 Å². The van der Waals surface area contributed by atoms with E-state index in [1.54, 1.807) is 0 Å². The number of hydrogen-bond donors (Lipinski definition) is 3. The Morgan fingerprint density at radius 1 is 0.929 bits per heavy atom. The molecule has 0 saturated carbocycles. The van der Waals surface area contributed by atoms with E-state index in [-0.39, 0.29) is 0 Å². The summed E-state index contributed by atoms with van der Waals surface area (Å²) in [7, 11) is 1.34. The first kappa shape index (κ1) is 11.9. The van der Waals surface area contributed by atoms with Gasteiger partial charge in [-0.1, -0.05) is 0 Å². The predicted molar refractivity (Wildman–Crippen MR) is 48.4 cm³/mol. The van der Waals surface area contributed by atoms with Crippen LogP contribution in [0, 0.1) is 0 Å². The fourth-order valence-corrected chi connectivity index (χ4v) is 1.71. The van der Waals surface area contributed by atoms with Gasteiger partial charge in [0.05, 0.1) is 0 Å². The maximum atomic E-state index is 10.1. The number of methoxy groups -OCH3 is 1. The Hall–Kier alpha value is -0.200. The van der Waals surface area contributed by atoms with Crippen molar-refractivity contribution >= 4 is 0 Å². The third kappa shape index (κ3) is 1.07. The van der Waals surface area contributed by atoms with Crippen molar-refractivity contribution in [2.45, 2.75) is 50.5 Å². The summed E-state index contributed by atoms with van der Waals surface area (Å²) in [5, 5.41) is 29.9. The van der Waals surface area contributed by atoms with E-state index in [1.807, 2.05) is 0 Å². The predicted octanol–water partition coefficient (Wildman–Crippen LogP) is -0.410. The van der Waals surface area contributed by atoms with Gasteiger partial charge in [0.15, 0.2) is 11.6 Å². The van der Waals surface area contributed by atoms with Crippen LogP contribution in [-0.2, 0) is 9.47 Å². The lowest BCUT2D eigenvalue weighted by Gasteiger charge is -2.39. The summed E-state index contributed by atoms with van der Waals surface area (Å²) in [6.45, 7) is 5.41. The second kappa shape index (κ2) is 2.68. The highest BCUT2D eigenvalue weighted by molar-refractivity contribution is 5.14. The highest BCUT2D eigenvalue weighted by Gasteiger charge is 2.72. The molecule has 5 heteroatoms. The van der Waals surface area contributed by atoms with Gasteiger partial charge in [-0.15, -0.1) is 0 Å². The van der Waals surface area contributed by atoms with E-state index in [1.165, 1.54) is 34.8 Å². The summed E-state index contributed by atoms with van der Waals surface area (Å²) in [5.74, 6) is -3.30. The Bertz CT molecular complexity index is 246. The van der Waals surface area contributed by atoms with E-state index in [0.29, 0.717) is 0 Å². The molecule has 0 bridgehead atoms. The van der Waals surface area contributed by atoms with Crippen molar-refractivity contribution in [2.24, 2.45) is 0 Å². The van der Waals surface area contributed by atoms with Crippen LogP contribution in [-0.4, -0.2) is 45.2 Å². The van der Waals surface area contributed by atoms with Crippen LogP contribution in [0.4, 0.5) is 0 Å². The molecule has 3 N–H and O–H groups in total. The molecule has 1 aliphatic rings. The third-order valence-corrected chi connectivity index (χ3v) is 3.52. The van der Waals surface area contributed by atoms with Crippen LogP contribution in [0.3, 0.4) is 0 Å². The molecule has 4 unspecified atom stereocenters. The van der Waals surface area contributed by atoms with E-state index < -0.39 is 22.8 Å². The van der Waals surface area contributed by atoms with Gasteiger partial charge < -0.3 is 24.8 Å². The van der Waals surface area contributed by atoms with Gasteiger partial charge in [0.25, 0.3) is 0 Å². The summed E-state index contributed by atoms with van der Waals surface area (Å²) in [5.41, 5.74) is -3.52. The lowest BCUT2D eigenvalue weighted by Crippen LogP contribution is -2.62. The van der Waals surface area contributed by atoms with Crippen LogP contribution in [0.5, 0.6) is 0 Å². The van der Waals surface area contributed by atoms with E-state index in [2.05, 4.69) is 0 Å². The fourth-order valence-electron chi connectivity index (χ4n) is 1.71. The van der Waals surface area contributed by atoms with Gasteiger partial charge in [-0.2, -0.15) is 0 Å².